The van der Waals surface area contributed by atoms with E-state index in [9.17, 15) is 0 Å². The fraction of sp³-hybridized carbons (Fsp3) is 1.00. The molecule has 2 aliphatic rings. The Morgan fingerprint density at radius 1 is 1.14 bits per heavy atom. The van der Waals surface area contributed by atoms with Gasteiger partial charge in [0.05, 0.1) is 0 Å². The summed E-state index contributed by atoms with van der Waals surface area (Å²) in [7, 11) is 0. The molecule has 3 nitrogen and oxygen atoms in total. The van der Waals surface area contributed by atoms with Gasteiger partial charge in [-0.25, -0.2) is 0 Å². The Hall–Kier alpha value is -0.120. The molecule has 2 aliphatic heterocycles. The van der Waals surface area contributed by atoms with Crippen LogP contribution in [0.25, 0.3) is 0 Å². The largest absolute Gasteiger partial charge is 0.329 e. The average molecular weight is 296 g/mol. The Morgan fingerprint density at radius 3 is 2.57 bits per heavy atom. The van der Waals surface area contributed by atoms with E-state index in [2.05, 4.69) is 37.5 Å². The Kier molecular flexibility index (Phi) is 6.10. The van der Waals surface area contributed by atoms with Crippen molar-refractivity contribution in [2.24, 2.45) is 17.6 Å². The number of piperidine rings is 1. The first-order valence-corrected chi connectivity index (χ1v) is 9.21. The quantitative estimate of drug-likeness (QED) is 0.865. The summed E-state index contributed by atoms with van der Waals surface area (Å²) in [6, 6.07) is 0.683. The van der Waals surface area contributed by atoms with Crippen molar-refractivity contribution in [2.45, 2.75) is 71.4 Å². The first kappa shape index (κ1) is 17.2. The van der Waals surface area contributed by atoms with Gasteiger partial charge in [-0.3, -0.25) is 4.90 Å². The van der Waals surface area contributed by atoms with Crippen molar-refractivity contribution in [3.8, 4) is 0 Å². The van der Waals surface area contributed by atoms with Crippen LogP contribution in [0.1, 0.15) is 59.8 Å². The topological polar surface area (TPSA) is 32.5 Å². The van der Waals surface area contributed by atoms with Crippen molar-refractivity contribution in [1.82, 2.24) is 9.80 Å². The van der Waals surface area contributed by atoms with Crippen molar-refractivity contribution in [2.75, 3.05) is 32.7 Å². The van der Waals surface area contributed by atoms with Gasteiger partial charge >= 0.3 is 0 Å². The molecule has 3 heteroatoms. The molecule has 0 amide bonds. The summed E-state index contributed by atoms with van der Waals surface area (Å²) >= 11 is 0. The number of rotatable bonds is 4. The van der Waals surface area contributed by atoms with Gasteiger partial charge in [-0.05, 0) is 70.5 Å². The summed E-state index contributed by atoms with van der Waals surface area (Å²) in [5.74, 6) is 1.61. The van der Waals surface area contributed by atoms with Crippen LogP contribution in [0.3, 0.4) is 0 Å². The molecule has 0 aliphatic carbocycles. The normalized spacial score (nSPS) is 40.1. The summed E-state index contributed by atoms with van der Waals surface area (Å²) < 4.78 is 0. The van der Waals surface area contributed by atoms with Gasteiger partial charge in [-0.2, -0.15) is 0 Å². The number of hydrogen-bond donors (Lipinski definition) is 1. The lowest BCUT2D eigenvalue weighted by Gasteiger charge is -2.52. The van der Waals surface area contributed by atoms with Crippen molar-refractivity contribution in [3.63, 3.8) is 0 Å². The predicted octanol–water partition coefficient (Wildman–Crippen LogP) is 2.95. The van der Waals surface area contributed by atoms with E-state index in [0.29, 0.717) is 6.04 Å². The smallest absolute Gasteiger partial charge is 0.0347 e. The monoisotopic (exact) mass is 295 g/mol. The maximum atomic E-state index is 6.35. The summed E-state index contributed by atoms with van der Waals surface area (Å²) in [6.45, 7) is 15.4. The van der Waals surface area contributed by atoms with Gasteiger partial charge in [0.25, 0.3) is 0 Å². The van der Waals surface area contributed by atoms with Crippen LogP contribution >= 0.6 is 0 Å². The number of nitrogens with zero attached hydrogens (tertiary/aromatic N) is 2. The third-order valence-electron chi connectivity index (χ3n) is 6.14. The molecular weight excluding hydrogens is 258 g/mol. The molecule has 0 radical (unpaired) electrons. The van der Waals surface area contributed by atoms with E-state index in [1.54, 1.807) is 0 Å². The number of hydrogen-bond acceptors (Lipinski definition) is 3. The molecule has 0 aromatic heterocycles. The highest BCUT2D eigenvalue weighted by atomic mass is 15.3. The first-order valence-electron chi connectivity index (χ1n) is 9.21. The lowest BCUT2D eigenvalue weighted by Crippen LogP contribution is -2.62. The minimum absolute atomic E-state index is 0.255. The van der Waals surface area contributed by atoms with Gasteiger partial charge in [-0.1, -0.05) is 20.8 Å². The standard InChI is InChI=1S/C18H37N3/c1-5-9-20-10-6-7-18(14-19,8-11-20)21-13-15(2)12-16(3)17(21)4/h15-17H,5-14,19H2,1-4H3. The van der Waals surface area contributed by atoms with Gasteiger partial charge in [-0.15, -0.1) is 0 Å². The highest BCUT2D eigenvalue weighted by Gasteiger charge is 2.43. The zero-order valence-electron chi connectivity index (χ0n) is 14.8. The van der Waals surface area contributed by atoms with Crippen molar-refractivity contribution in [3.05, 3.63) is 0 Å². The molecule has 2 N–H and O–H groups in total. The Bertz CT molecular complexity index is 320. The van der Waals surface area contributed by atoms with E-state index in [1.807, 2.05) is 0 Å². The first-order chi connectivity index (χ1) is 10.0. The molecule has 2 saturated heterocycles. The zero-order chi connectivity index (χ0) is 15.5. The molecular formula is C18H37N3. The van der Waals surface area contributed by atoms with Crippen LogP contribution in [-0.2, 0) is 0 Å². The Balaban J connectivity index is 2.12. The second-order valence-electron chi connectivity index (χ2n) is 7.83. The van der Waals surface area contributed by atoms with Gasteiger partial charge in [0.15, 0.2) is 0 Å². The van der Waals surface area contributed by atoms with Crippen LogP contribution in [0, 0.1) is 11.8 Å². The van der Waals surface area contributed by atoms with E-state index >= 15 is 0 Å². The molecule has 0 aromatic carbocycles. The molecule has 4 unspecified atom stereocenters. The fourth-order valence-electron chi connectivity index (χ4n) is 4.72. The van der Waals surface area contributed by atoms with Gasteiger partial charge in [0, 0.05) is 24.7 Å². The van der Waals surface area contributed by atoms with E-state index in [0.717, 1.165) is 18.4 Å². The van der Waals surface area contributed by atoms with E-state index in [4.69, 9.17) is 5.73 Å². The average Bonchev–Trinajstić information content (AvgIpc) is 2.67. The highest BCUT2D eigenvalue weighted by molar-refractivity contribution is 4.99. The molecule has 2 rings (SSSR count). The predicted molar refractivity (Wildman–Crippen MR) is 91.5 cm³/mol. The minimum Gasteiger partial charge on any atom is -0.329 e. The van der Waals surface area contributed by atoms with Crippen molar-refractivity contribution >= 4 is 0 Å². The Morgan fingerprint density at radius 2 is 1.90 bits per heavy atom. The number of likely N-dealkylation sites (tertiary alicyclic amines) is 2. The summed E-state index contributed by atoms with van der Waals surface area (Å²) in [6.07, 6.45) is 6.49. The molecule has 2 heterocycles. The number of nitrogens with two attached hydrogens (primary N) is 1. The zero-order valence-corrected chi connectivity index (χ0v) is 14.8. The fourth-order valence-corrected chi connectivity index (χ4v) is 4.72. The minimum atomic E-state index is 0.255. The van der Waals surface area contributed by atoms with Crippen LogP contribution in [0.4, 0.5) is 0 Å². The van der Waals surface area contributed by atoms with Crippen LogP contribution in [0.2, 0.25) is 0 Å². The molecule has 0 spiro atoms. The molecule has 0 aromatic rings. The van der Waals surface area contributed by atoms with Gasteiger partial charge in [0.1, 0.15) is 0 Å². The molecule has 0 saturated carbocycles. The SMILES string of the molecule is CCCN1CCCC(CN)(N2CC(C)CC(C)C2C)CC1. The van der Waals surface area contributed by atoms with Gasteiger partial charge < -0.3 is 10.6 Å². The second-order valence-corrected chi connectivity index (χ2v) is 7.83. The summed E-state index contributed by atoms with van der Waals surface area (Å²) in [4.78, 5) is 5.46. The molecule has 21 heavy (non-hydrogen) atoms. The van der Waals surface area contributed by atoms with Crippen LogP contribution < -0.4 is 5.73 Å². The lowest BCUT2D eigenvalue weighted by molar-refractivity contribution is -0.0238. The van der Waals surface area contributed by atoms with Crippen LogP contribution in [0.5, 0.6) is 0 Å². The second kappa shape index (κ2) is 7.43. The van der Waals surface area contributed by atoms with Gasteiger partial charge in [0.2, 0.25) is 0 Å². The maximum absolute atomic E-state index is 6.35. The lowest BCUT2D eigenvalue weighted by atomic mass is 9.79. The van der Waals surface area contributed by atoms with E-state index < -0.39 is 0 Å². The highest BCUT2D eigenvalue weighted by Crippen LogP contribution is 2.37. The van der Waals surface area contributed by atoms with Crippen LogP contribution in [0.15, 0.2) is 0 Å². The summed E-state index contributed by atoms with van der Waals surface area (Å²) in [5, 5.41) is 0. The molecule has 0 bridgehead atoms. The van der Waals surface area contributed by atoms with Crippen molar-refractivity contribution in [1.29, 1.82) is 0 Å². The van der Waals surface area contributed by atoms with E-state index in [-0.39, 0.29) is 5.54 Å². The molecule has 2 fully saturated rings. The third-order valence-corrected chi connectivity index (χ3v) is 6.14. The third kappa shape index (κ3) is 3.80. The van der Waals surface area contributed by atoms with Crippen molar-refractivity contribution < 1.29 is 0 Å². The molecule has 124 valence electrons. The summed E-state index contributed by atoms with van der Waals surface area (Å²) in [5.41, 5.74) is 6.61. The van der Waals surface area contributed by atoms with Crippen LogP contribution in [-0.4, -0.2) is 54.1 Å². The van der Waals surface area contributed by atoms with E-state index in [1.165, 1.54) is 58.3 Å². The maximum Gasteiger partial charge on any atom is 0.0347 e. The molecule has 4 atom stereocenters. The Labute approximate surface area is 132 Å².